The van der Waals surface area contributed by atoms with Gasteiger partial charge in [-0.15, -0.1) is 0 Å². The summed E-state index contributed by atoms with van der Waals surface area (Å²) in [6, 6.07) is 16.9. The summed E-state index contributed by atoms with van der Waals surface area (Å²) in [5.41, 5.74) is 2.55. The van der Waals surface area contributed by atoms with Gasteiger partial charge in [0.15, 0.2) is 0 Å². The lowest BCUT2D eigenvalue weighted by atomic mass is 9.98. The van der Waals surface area contributed by atoms with E-state index < -0.39 is 10.0 Å². The molecule has 1 aliphatic heterocycles. The first-order valence-corrected chi connectivity index (χ1v) is 11.7. The second kappa shape index (κ2) is 7.86. The van der Waals surface area contributed by atoms with Gasteiger partial charge in [0.25, 0.3) is 0 Å². The van der Waals surface area contributed by atoms with Gasteiger partial charge in [0.2, 0.25) is 21.7 Å². The number of piperidine rings is 1. The summed E-state index contributed by atoms with van der Waals surface area (Å²) in [5, 5.41) is 4.94. The van der Waals surface area contributed by atoms with Gasteiger partial charge in [-0.3, -0.25) is 4.98 Å². The lowest BCUT2D eigenvalue weighted by Crippen LogP contribution is -2.38. The quantitative estimate of drug-likeness (QED) is 0.479. The van der Waals surface area contributed by atoms with E-state index in [0.717, 1.165) is 16.5 Å². The Hall–Kier alpha value is -3.10. The molecule has 4 aromatic rings. The molecule has 0 aliphatic carbocycles. The molecule has 0 N–H and O–H groups in total. The Kier molecular flexibility index (Phi) is 5.03. The van der Waals surface area contributed by atoms with E-state index >= 15 is 0 Å². The van der Waals surface area contributed by atoms with Crippen LogP contribution in [0.15, 0.2) is 70.2 Å². The summed E-state index contributed by atoms with van der Waals surface area (Å²) in [6.45, 7) is 2.82. The Morgan fingerprint density at radius 1 is 1.03 bits per heavy atom. The van der Waals surface area contributed by atoms with Gasteiger partial charge in [0, 0.05) is 36.2 Å². The third kappa shape index (κ3) is 3.73. The van der Waals surface area contributed by atoms with Crippen LogP contribution in [-0.2, 0) is 10.0 Å². The first kappa shape index (κ1) is 19.8. The molecule has 3 heterocycles. The van der Waals surface area contributed by atoms with Gasteiger partial charge in [-0.05, 0) is 38.0 Å². The molecule has 1 fully saturated rings. The maximum absolute atomic E-state index is 13.3. The van der Waals surface area contributed by atoms with Crippen molar-refractivity contribution in [2.75, 3.05) is 13.1 Å². The van der Waals surface area contributed by atoms with E-state index in [1.807, 2.05) is 43.3 Å². The zero-order valence-electron chi connectivity index (χ0n) is 17.1. The Bertz CT molecular complexity index is 1340. The number of nitrogens with zero attached hydrogens (tertiary/aromatic N) is 4. The van der Waals surface area contributed by atoms with Gasteiger partial charge in [0.05, 0.1) is 5.52 Å². The monoisotopic (exact) mass is 434 g/mol. The van der Waals surface area contributed by atoms with Crippen molar-refractivity contribution in [2.24, 2.45) is 0 Å². The second-order valence-corrected chi connectivity index (χ2v) is 9.74. The zero-order valence-corrected chi connectivity index (χ0v) is 17.9. The minimum absolute atomic E-state index is 0.0446. The topological polar surface area (TPSA) is 89.2 Å². The first-order chi connectivity index (χ1) is 15.0. The first-order valence-electron chi connectivity index (χ1n) is 10.3. The molecule has 0 amide bonds. The fraction of sp³-hybridized carbons (Fsp3) is 0.261. The predicted octanol–water partition coefficient (Wildman–Crippen LogP) is 4.16. The van der Waals surface area contributed by atoms with E-state index in [4.69, 9.17) is 4.52 Å². The maximum atomic E-state index is 13.3. The normalized spacial score (nSPS) is 16.0. The van der Waals surface area contributed by atoms with E-state index in [1.165, 1.54) is 4.31 Å². The molecule has 0 spiro atoms. The fourth-order valence-electron chi connectivity index (χ4n) is 4.07. The van der Waals surface area contributed by atoms with Gasteiger partial charge < -0.3 is 4.52 Å². The molecule has 2 aromatic heterocycles. The number of hydrogen-bond acceptors (Lipinski definition) is 6. The standard InChI is InChI=1S/C23H22N4O3S/c1-16-5-2-7-19(15-16)22-25-23(30-26-22)18-10-13-27(14-11-18)31(28,29)20-9-3-6-17-8-4-12-24-21(17)20/h2-9,12,15,18H,10-11,13-14H2,1H3. The number of fused-ring (bicyclic) bond motifs is 1. The van der Waals surface area contributed by atoms with Crippen LogP contribution in [-0.4, -0.2) is 40.9 Å². The Morgan fingerprint density at radius 3 is 2.61 bits per heavy atom. The minimum Gasteiger partial charge on any atom is -0.339 e. The highest BCUT2D eigenvalue weighted by Gasteiger charge is 2.33. The van der Waals surface area contributed by atoms with Gasteiger partial charge in [-0.1, -0.05) is 47.1 Å². The van der Waals surface area contributed by atoms with Gasteiger partial charge in [-0.25, -0.2) is 8.42 Å². The number of hydrogen-bond donors (Lipinski definition) is 0. The van der Waals surface area contributed by atoms with Crippen molar-refractivity contribution in [3.8, 4) is 11.4 Å². The number of rotatable bonds is 4. The van der Waals surface area contributed by atoms with Gasteiger partial charge >= 0.3 is 0 Å². The van der Waals surface area contributed by atoms with Crippen LogP contribution in [0.5, 0.6) is 0 Å². The van der Waals surface area contributed by atoms with Crippen molar-refractivity contribution < 1.29 is 12.9 Å². The highest BCUT2D eigenvalue weighted by molar-refractivity contribution is 7.89. The maximum Gasteiger partial charge on any atom is 0.245 e. The molecule has 31 heavy (non-hydrogen) atoms. The SMILES string of the molecule is Cc1cccc(-c2noc(C3CCN(S(=O)(=O)c4cccc5cccnc45)CC3)n2)c1. The summed E-state index contributed by atoms with van der Waals surface area (Å²) >= 11 is 0. The highest BCUT2D eigenvalue weighted by Crippen LogP contribution is 2.32. The Morgan fingerprint density at radius 2 is 1.81 bits per heavy atom. The Labute approximate surface area is 180 Å². The Balaban J connectivity index is 1.33. The number of aromatic nitrogens is 3. The number of para-hydroxylation sites is 1. The molecule has 0 bridgehead atoms. The number of benzene rings is 2. The van der Waals surface area contributed by atoms with Gasteiger partial charge in [-0.2, -0.15) is 9.29 Å². The highest BCUT2D eigenvalue weighted by atomic mass is 32.2. The van der Waals surface area contributed by atoms with Crippen molar-refractivity contribution in [1.29, 1.82) is 0 Å². The summed E-state index contributed by atoms with van der Waals surface area (Å²) < 4.78 is 33.7. The largest absolute Gasteiger partial charge is 0.339 e. The van der Waals surface area contributed by atoms with Crippen LogP contribution in [0.1, 0.15) is 30.2 Å². The molecule has 0 radical (unpaired) electrons. The summed E-state index contributed by atoms with van der Waals surface area (Å²) in [6.07, 6.45) is 2.88. The average Bonchev–Trinajstić information content (AvgIpc) is 3.29. The van der Waals surface area contributed by atoms with Crippen molar-refractivity contribution in [3.05, 3.63) is 72.2 Å². The molecule has 158 valence electrons. The second-order valence-electron chi connectivity index (χ2n) is 7.84. The predicted molar refractivity (Wildman–Crippen MR) is 117 cm³/mol. The third-order valence-corrected chi connectivity index (χ3v) is 7.66. The van der Waals surface area contributed by atoms with E-state index in [2.05, 4.69) is 15.1 Å². The van der Waals surface area contributed by atoms with Gasteiger partial charge in [0.1, 0.15) is 4.90 Å². The molecule has 1 aliphatic rings. The van der Waals surface area contributed by atoms with Crippen molar-refractivity contribution in [3.63, 3.8) is 0 Å². The molecule has 0 unspecified atom stereocenters. The van der Waals surface area contributed by atoms with E-state index in [1.54, 1.807) is 24.4 Å². The molecule has 8 heteroatoms. The van der Waals surface area contributed by atoms with Crippen LogP contribution in [0.25, 0.3) is 22.3 Å². The molecule has 5 rings (SSSR count). The minimum atomic E-state index is -3.63. The smallest absolute Gasteiger partial charge is 0.245 e. The van der Waals surface area contributed by atoms with Crippen molar-refractivity contribution in [2.45, 2.75) is 30.6 Å². The molecule has 7 nitrogen and oxygen atoms in total. The molecule has 0 saturated carbocycles. The molecular formula is C23H22N4O3S. The van der Waals surface area contributed by atoms with Crippen LogP contribution in [0, 0.1) is 6.92 Å². The van der Waals surface area contributed by atoms with Crippen LogP contribution in [0.2, 0.25) is 0 Å². The third-order valence-electron chi connectivity index (χ3n) is 5.73. The van der Waals surface area contributed by atoms with Crippen LogP contribution in [0.4, 0.5) is 0 Å². The van der Waals surface area contributed by atoms with Crippen LogP contribution < -0.4 is 0 Å². The molecule has 2 aromatic carbocycles. The van der Waals surface area contributed by atoms with E-state index in [0.29, 0.717) is 43.2 Å². The molecule has 1 saturated heterocycles. The lowest BCUT2D eigenvalue weighted by Gasteiger charge is -2.29. The number of sulfonamides is 1. The van der Waals surface area contributed by atoms with E-state index in [-0.39, 0.29) is 10.8 Å². The zero-order chi connectivity index (χ0) is 21.4. The molecule has 0 atom stereocenters. The summed E-state index contributed by atoms with van der Waals surface area (Å²) in [4.78, 5) is 9.13. The van der Waals surface area contributed by atoms with Crippen molar-refractivity contribution in [1.82, 2.24) is 19.4 Å². The van der Waals surface area contributed by atoms with Crippen LogP contribution >= 0.6 is 0 Å². The van der Waals surface area contributed by atoms with Crippen molar-refractivity contribution >= 4 is 20.9 Å². The molecular weight excluding hydrogens is 412 g/mol. The summed E-state index contributed by atoms with van der Waals surface area (Å²) in [7, 11) is -3.63. The average molecular weight is 435 g/mol. The lowest BCUT2D eigenvalue weighted by molar-refractivity contribution is 0.271. The number of aryl methyl sites for hydroxylation is 1. The van der Waals surface area contributed by atoms with Crippen LogP contribution in [0.3, 0.4) is 0 Å². The summed E-state index contributed by atoms with van der Waals surface area (Å²) in [5.74, 6) is 1.18. The fourth-order valence-corrected chi connectivity index (χ4v) is 5.70. The van der Waals surface area contributed by atoms with E-state index in [9.17, 15) is 8.42 Å². The number of pyridine rings is 1.